The van der Waals surface area contributed by atoms with Gasteiger partial charge in [0.05, 0.1) is 24.5 Å². The molecule has 1 fully saturated rings. The van der Waals surface area contributed by atoms with Crippen LogP contribution in [0.3, 0.4) is 0 Å². The van der Waals surface area contributed by atoms with Crippen LogP contribution in [-0.4, -0.2) is 34.0 Å². The molecule has 23 heavy (non-hydrogen) atoms. The molecular weight excluding hydrogens is 294 g/mol. The second-order valence-electron chi connectivity index (χ2n) is 5.70. The van der Waals surface area contributed by atoms with E-state index in [4.69, 9.17) is 4.74 Å². The maximum absolute atomic E-state index is 12.2. The Morgan fingerprint density at radius 1 is 1.43 bits per heavy atom. The summed E-state index contributed by atoms with van der Waals surface area (Å²) >= 11 is 0. The molecule has 3 heterocycles. The second kappa shape index (κ2) is 7.23. The van der Waals surface area contributed by atoms with E-state index in [-0.39, 0.29) is 12.1 Å². The van der Waals surface area contributed by atoms with Gasteiger partial charge in [0.15, 0.2) is 0 Å². The first kappa shape index (κ1) is 15.5. The summed E-state index contributed by atoms with van der Waals surface area (Å²) in [5.41, 5.74) is 0.819. The lowest BCUT2D eigenvalue weighted by Crippen LogP contribution is -2.32. The van der Waals surface area contributed by atoms with E-state index in [0.29, 0.717) is 11.7 Å². The van der Waals surface area contributed by atoms with E-state index >= 15 is 0 Å². The van der Waals surface area contributed by atoms with Crippen LogP contribution < -0.4 is 10.6 Å². The number of hydrogen-bond donors (Lipinski definition) is 2. The number of hydrogen-bond acceptors (Lipinski definition) is 4. The zero-order chi connectivity index (χ0) is 16.1. The molecule has 0 radical (unpaired) electrons. The van der Waals surface area contributed by atoms with Gasteiger partial charge in [-0.25, -0.2) is 9.48 Å². The van der Waals surface area contributed by atoms with Gasteiger partial charge >= 0.3 is 6.03 Å². The molecule has 2 aromatic rings. The molecule has 122 valence electrons. The molecule has 1 saturated heterocycles. The molecule has 7 nitrogen and oxygen atoms in total. The fourth-order valence-corrected chi connectivity index (χ4v) is 2.61. The number of nitrogens with zero attached hydrogens (tertiary/aromatic N) is 3. The van der Waals surface area contributed by atoms with E-state index in [1.165, 1.54) is 0 Å². The zero-order valence-corrected chi connectivity index (χ0v) is 13.1. The lowest BCUT2D eigenvalue weighted by atomic mass is 10.1. The SMILES string of the molecule is CC(NC(=O)Nc1ccnn1CC1CCOC1)c1ccccn1. The summed E-state index contributed by atoms with van der Waals surface area (Å²) in [6.45, 7) is 4.20. The first-order valence-electron chi connectivity index (χ1n) is 7.80. The number of urea groups is 1. The van der Waals surface area contributed by atoms with Gasteiger partial charge in [-0.1, -0.05) is 6.07 Å². The standard InChI is InChI=1S/C16H21N5O2/c1-12(14-4-2-3-7-17-14)19-16(22)20-15-5-8-18-21(15)10-13-6-9-23-11-13/h2-5,7-8,12-13H,6,9-11H2,1H3,(H2,19,20,22). The maximum atomic E-state index is 12.2. The average Bonchev–Trinajstić information content (AvgIpc) is 3.21. The largest absolute Gasteiger partial charge is 0.381 e. The monoisotopic (exact) mass is 315 g/mol. The van der Waals surface area contributed by atoms with E-state index < -0.39 is 0 Å². The van der Waals surface area contributed by atoms with Crippen LogP contribution in [-0.2, 0) is 11.3 Å². The molecule has 2 unspecified atom stereocenters. The van der Waals surface area contributed by atoms with Crippen molar-refractivity contribution in [2.75, 3.05) is 18.5 Å². The summed E-state index contributed by atoms with van der Waals surface area (Å²) < 4.78 is 7.19. The van der Waals surface area contributed by atoms with Crippen LogP contribution in [0.25, 0.3) is 0 Å². The molecule has 2 amide bonds. The number of carbonyl (C=O) groups is 1. The van der Waals surface area contributed by atoms with Gasteiger partial charge in [0, 0.05) is 31.3 Å². The Balaban J connectivity index is 1.56. The van der Waals surface area contributed by atoms with E-state index in [0.717, 1.165) is 31.9 Å². The molecule has 0 bridgehead atoms. The van der Waals surface area contributed by atoms with Crippen molar-refractivity contribution < 1.29 is 9.53 Å². The van der Waals surface area contributed by atoms with Crippen molar-refractivity contribution in [3.05, 3.63) is 42.4 Å². The predicted octanol–water partition coefficient (Wildman–Crippen LogP) is 2.20. The normalized spacial score (nSPS) is 18.6. The van der Waals surface area contributed by atoms with Gasteiger partial charge in [-0.15, -0.1) is 0 Å². The first-order chi connectivity index (χ1) is 11.2. The van der Waals surface area contributed by atoms with Gasteiger partial charge in [-0.2, -0.15) is 5.10 Å². The fourth-order valence-electron chi connectivity index (χ4n) is 2.61. The van der Waals surface area contributed by atoms with Gasteiger partial charge in [0.25, 0.3) is 0 Å². The van der Waals surface area contributed by atoms with Crippen LogP contribution in [0.4, 0.5) is 10.6 Å². The molecule has 0 saturated carbocycles. The van der Waals surface area contributed by atoms with Gasteiger partial charge in [-0.05, 0) is 25.5 Å². The van der Waals surface area contributed by atoms with E-state index in [9.17, 15) is 4.79 Å². The van der Waals surface area contributed by atoms with Crippen LogP contribution in [0.1, 0.15) is 25.1 Å². The van der Waals surface area contributed by atoms with Crippen molar-refractivity contribution in [1.29, 1.82) is 0 Å². The van der Waals surface area contributed by atoms with Crippen LogP contribution in [0.5, 0.6) is 0 Å². The minimum atomic E-state index is -0.271. The number of rotatable bonds is 5. The smallest absolute Gasteiger partial charge is 0.320 e. The number of ether oxygens (including phenoxy) is 1. The molecule has 7 heteroatoms. The summed E-state index contributed by atoms with van der Waals surface area (Å²) in [5, 5.41) is 10.0. The van der Waals surface area contributed by atoms with Crippen molar-refractivity contribution in [1.82, 2.24) is 20.1 Å². The van der Waals surface area contributed by atoms with E-state index in [1.807, 2.05) is 29.8 Å². The average molecular weight is 315 g/mol. The van der Waals surface area contributed by atoms with Crippen LogP contribution in [0.15, 0.2) is 36.7 Å². The highest BCUT2D eigenvalue weighted by Crippen LogP contribution is 2.17. The Hall–Kier alpha value is -2.41. The number of carbonyl (C=O) groups excluding carboxylic acids is 1. The van der Waals surface area contributed by atoms with Crippen LogP contribution in [0, 0.1) is 5.92 Å². The Bertz CT molecular complexity index is 637. The second-order valence-corrected chi connectivity index (χ2v) is 5.70. The number of nitrogens with one attached hydrogen (secondary N) is 2. The van der Waals surface area contributed by atoms with Crippen molar-refractivity contribution >= 4 is 11.8 Å². The van der Waals surface area contributed by atoms with Crippen molar-refractivity contribution in [2.45, 2.75) is 25.9 Å². The topological polar surface area (TPSA) is 81.1 Å². The maximum Gasteiger partial charge on any atom is 0.320 e. The van der Waals surface area contributed by atoms with Crippen molar-refractivity contribution in [3.63, 3.8) is 0 Å². The molecule has 0 aromatic carbocycles. The molecule has 0 aliphatic carbocycles. The quantitative estimate of drug-likeness (QED) is 0.886. The minimum Gasteiger partial charge on any atom is -0.381 e. The van der Waals surface area contributed by atoms with Crippen molar-refractivity contribution in [3.8, 4) is 0 Å². The molecule has 2 aromatic heterocycles. The summed E-state index contributed by atoms with van der Waals surface area (Å²) in [5.74, 6) is 1.13. The lowest BCUT2D eigenvalue weighted by molar-refractivity contribution is 0.181. The Morgan fingerprint density at radius 2 is 2.35 bits per heavy atom. The lowest BCUT2D eigenvalue weighted by Gasteiger charge is -2.15. The van der Waals surface area contributed by atoms with Crippen LogP contribution in [0.2, 0.25) is 0 Å². The third kappa shape index (κ3) is 4.07. The summed E-state index contributed by atoms with van der Waals surface area (Å²) in [6, 6.07) is 6.98. The summed E-state index contributed by atoms with van der Waals surface area (Å²) in [6.07, 6.45) is 4.43. The fraction of sp³-hybridized carbons (Fsp3) is 0.438. The van der Waals surface area contributed by atoms with E-state index in [2.05, 4.69) is 20.7 Å². The van der Waals surface area contributed by atoms with Gasteiger partial charge in [0.2, 0.25) is 0 Å². The zero-order valence-electron chi connectivity index (χ0n) is 13.1. The molecule has 2 N–H and O–H groups in total. The predicted molar refractivity (Wildman–Crippen MR) is 86.0 cm³/mol. The highest BCUT2D eigenvalue weighted by Gasteiger charge is 2.18. The van der Waals surface area contributed by atoms with E-state index in [1.54, 1.807) is 18.5 Å². The molecule has 3 rings (SSSR count). The van der Waals surface area contributed by atoms with Gasteiger partial charge in [0.1, 0.15) is 5.82 Å². The number of amides is 2. The Labute approximate surface area is 135 Å². The molecule has 2 atom stereocenters. The highest BCUT2D eigenvalue weighted by molar-refractivity contribution is 5.88. The number of pyridine rings is 1. The number of aromatic nitrogens is 3. The first-order valence-corrected chi connectivity index (χ1v) is 7.80. The van der Waals surface area contributed by atoms with Crippen molar-refractivity contribution in [2.24, 2.45) is 5.92 Å². The third-order valence-electron chi connectivity index (χ3n) is 3.89. The molecular formula is C16H21N5O2. The van der Waals surface area contributed by atoms with Crippen LogP contribution >= 0.6 is 0 Å². The van der Waals surface area contributed by atoms with Gasteiger partial charge in [-0.3, -0.25) is 10.3 Å². The molecule has 0 spiro atoms. The summed E-state index contributed by atoms with van der Waals surface area (Å²) in [7, 11) is 0. The minimum absolute atomic E-state index is 0.171. The van der Waals surface area contributed by atoms with Gasteiger partial charge < -0.3 is 10.1 Å². The summed E-state index contributed by atoms with van der Waals surface area (Å²) in [4.78, 5) is 16.4. The Kier molecular flexibility index (Phi) is 4.87. The molecule has 1 aliphatic heterocycles. The number of anilines is 1. The Morgan fingerprint density at radius 3 is 3.09 bits per heavy atom. The molecule has 1 aliphatic rings. The highest BCUT2D eigenvalue weighted by atomic mass is 16.5. The third-order valence-corrected chi connectivity index (χ3v) is 3.89.